The van der Waals surface area contributed by atoms with Crippen molar-refractivity contribution < 1.29 is 17.6 Å². The van der Waals surface area contributed by atoms with Gasteiger partial charge in [-0.2, -0.15) is 0 Å². The van der Waals surface area contributed by atoms with Crippen LogP contribution in [0.25, 0.3) is 11.1 Å². The number of rotatable bonds is 4. The summed E-state index contributed by atoms with van der Waals surface area (Å²) in [5, 5.41) is 0. The lowest BCUT2D eigenvalue weighted by Gasteiger charge is -2.28. The molecule has 1 aromatic carbocycles. The summed E-state index contributed by atoms with van der Waals surface area (Å²) in [4.78, 5) is 26.5. The molecule has 8 heteroatoms. The van der Waals surface area contributed by atoms with Crippen molar-refractivity contribution in [2.75, 3.05) is 11.5 Å². The molecular formula is C16H18N2O5S. The van der Waals surface area contributed by atoms with Crippen molar-refractivity contribution in [2.45, 2.75) is 37.9 Å². The monoisotopic (exact) mass is 350 g/mol. The molecule has 1 unspecified atom stereocenters. The summed E-state index contributed by atoms with van der Waals surface area (Å²) in [5.74, 6) is -0.633. The molecule has 4 rings (SSSR count). The third kappa shape index (κ3) is 2.75. The second-order valence-electron chi connectivity index (χ2n) is 6.51. The van der Waals surface area contributed by atoms with Gasteiger partial charge in [0.2, 0.25) is 5.91 Å². The highest BCUT2D eigenvalue weighted by atomic mass is 32.2. The lowest BCUT2D eigenvalue weighted by molar-refractivity contribution is -0.134. The normalized spacial score (nSPS) is 22.8. The Labute approximate surface area is 138 Å². The number of carbonyl (C=O) groups excluding carboxylic acids is 1. The molecule has 1 aliphatic carbocycles. The molecule has 2 aliphatic rings. The Kier molecular flexibility index (Phi) is 3.52. The van der Waals surface area contributed by atoms with Gasteiger partial charge < -0.3 is 9.32 Å². The molecule has 1 aliphatic heterocycles. The van der Waals surface area contributed by atoms with E-state index >= 15 is 0 Å². The lowest BCUT2D eigenvalue weighted by atomic mass is 10.2. The van der Waals surface area contributed by atoms with E-state index in [1.54, 1.807) is 29.2 Å². The van der Waals surface area contributed by atoms with Gasteiger partial charge in [-0.3, -0.25) is 9.36 Å². The minimum absolute atomic E-state index is 0.0241. The maximum absolute atomic E-state index is 12.8. The molecule has 2 heterocycles. The molecular weight excluding hydrogens is 332 g/mol. The zero-order valence-corrected chi connectivity index (χ0v) is 13.9. The van der Waals surface area contributed by atoms with E-state index in [1.165, 1.54) is 4.57 Å². The summed E-state index contributed by atoms with van der Waals surface area (Å²) in [5.41, 5.74) is 1.02. The molecule has 1 saturated heterocycles. The minimum Gasteiger partial charge on any atom is -0.408 e. The summed E-state index contributed by atoms with van der Waals surface area (Å²) < 4.78 is 30.0. The third-order valence-electron chi connectivity index (χ3n) is 4.70. The Bertz CT molecular complexity index is 954. The van der Waals surface area contributed by atoms with Crippen LogP contribution in [0.2, 0.25) is 0 Å². The van der Waals surface area contributed by atoms with Crippen LogP contribution in [-0.2, 0) is 21.2 Å². The largest absolute Gasteiger partial charge is 0.420 e. The average molecular weight is 350 g/mol. The fourth-order valence-electron chi connectivity index (χ4n) is 3.43. The number of hydrogen-bond acceptors (Lipinski definition) is 5. The highest BCUT2D eigenvalue weighted by Crippen LogP contribution is 2.32. The van der Waals surface area contributed by atoms with Gasteiger partial charge in [0.1, 0.15) is 6.54 Å². The molecule has 2 aromatic rings. The van der Waals surface area contributed by atoms with Gasteiger partial charge in [-0.1, -0.05) is 12.1 Å². The number of sulfone groups is 1. The summed E-state index contributed by atoms with van der Waals surface area (Å²) in [6, 6.07) is 6.78. The molecule has 0 bridgehead atoms. The summed E-state index contributed by atoms with van der Waals surface area (Å²) in [6.07, 6.45) is 2.26. The third-order valence-corrected chi connectivity index (χ3v) is 6.45. The number of amides is 1. The van der Waals surface area contributed by atoms with Crippen LogP contribution in [0.1, 0.15) is 19.3 Å². The van der Waals surface area contributed by atoms with Crippen molar-refractivity contribution in [2.24, 2.45) is 0 Å². The molecule has 1 atom stereocenters. The first-order valence-electron chi connectivity index (χ1n) is 8.04. The van der Waals surface area contributed by atoms with Gasteiger partial charge in [0, 0.05) is 12.1 Å². The van der Waals surface area contributed by atoms with Crippen LogP contribution in [0.4, 0.5) is 0 Å². The molecule has 128 valence electrons. The van der Waals surface area contributed by atoms with Crippen LogP contribution < -0.4 is 5.76 Å². The Hall–Kier alpha value is -2.09. The number of para-hydroxylation sites is 2. The average Bonchev–Trinajstić information content (AvgIpc) is 3.22. The van der Waals surface area contributed by atoms with Crippen molar-refractivity contribution in [1.29, 1.82) is 0 Å². The van der Waals surface area contributed by atoms with Crippen LogP contribution in [0.3, 0.4) is 0 Å². The number of oxazole rings is 1. The Morgan fingerprint density at radius 1 is 1.21 bits per heavy atom. The van der Waals surface area contributed by atoms with Gasteiger partial charge >= 0.3 is 5.76 Å². The highest BCUT2D eigenvalue weighted by molar-refractivity contribution is 7.91. The van der Waals surface area contributed by atoms with Crippen LogP contribution in [0, 0.1) is 0 Å². The maximum atomic E-state index is 12.8. The molecule has 7 nitrogen and oxygen atoms in total. The van der Waals surface area contributed by atoms with Gasteiger partial charge in [0.25, 0.3) is 0 Å². The Morgan fingerprint density at radius 3 is 2.62 bits per heavy atom. The quantitative estimate of drug-likeness (QED) is 0.813. The van der Waals surface area contributed by atoms with Gasteiger partial charge in [-0.15, -0.1) is 0 Å². The fraction of sp³-hybridized carbons (Fsp3) is 0.500. The van der Waals surface area contributed by atoms with Crippen LogP contribution in [0.5, 0.6) is 0 Å². The first kappa shape index (κ1) is 15.4. The van der Waals surface area contributed by atoms with E-state index in [0.29, 0.717) is 17.5 Å². The Morgan fingerprint density at radius 2 is 1.96 bits per heavy atom. The van der Waals surface area contributed by atoms with Crippen molar-refractivity contribution in [3.63, 3.8) is 0 Å². The molecule has 0 N–H and O–H groups in total. The molecule has 24 heavy (non-hydrogen) atoms. The summed E-state index contributed by atoms with van der Waals surface area (Å²) in [6.45, 7) is -0.122. The number of hydrogen-bond donors (Lipinski definition) is 0. The van der Waals surface area contributed by atoms with E-state index in [4.69, 9.17) is 4.42 Å². The van der Waals surface area contributed by atoms with E-state index in [0.717, 1.165) is 12.8 Å². The van der Waals surface area contributed by atoms with Crippen LogP contribution in [0.15, 0.2) is 33.5 Å². The van der Waals surface area contributed by atoms with E-state index in [1.807, 2.05) is 0 Å². The summed E-state index contributed by atoms with van der Waals surface area (Å²) in [7, 11) is -3.07. The zero-order chi connectivity index (χ0) is 16.9. The maximum Gasteiger partial charge on any atom is 0.420 e. The van der Waals surface area contributed by atoms with Crippen molar-refractivity contribution >= 4 is 26.8 Å². The van der Waals surface area contributed by atoms with Gasteiger partial charge in [0.05, 0.1) is 17.0 Å². The number of benzene rings is 1. The SMILES string of the molecule is O=C(Cn1c(=O)oc2ccccc21)N(C1CC1)C1CCS(=O)(=O)C1. The number of carbonyl (C=O) groups is 1. The topological polar surface area (TPSA) is 89.6 Å². The van der Waals surface area contributed by atoms with Gasteiger partial charge in [-0.05, 0) is 31.4 Å². The van der Waals surface area contributed by atoms with E-state index < -0.39 is 15.6 Å². The number of nitrogens with zero attached hydrogens (tertiary/aromatic N) is 2. The zero-order valence-electron chi connectivity index (χ0n) is 13.1. The first-order valence-corrected chi connectivity index (χ1v) is 9.87. The van der Waals surface area contributed by atoms with Gasteiger partial charge in [-0.25, -0.2) is 13.2 Å². The highest BCUT2D eigenvalue weighted by Gasteiger charge is 2.42. The molecule has 0 radical (unpaired) electrons. The molecule has 2 fully saturated rings. The van der Waals surface area contributed by atoms with Crippen molar-refractivity contribution in [1.82, 2.24) is 9.47 Å². The predicted molar refractivity (Wildman–Crippen MR) is 87.4 cm³/mol. The summed E-state index contributed by atoms with van der Waals surface area (Å²) >= 11 is 0. The minimum atomic E-state index is -3.07. The smallest absolute Gasteiger partial charge is 0.408 e. The molecule has 0 spiro atoms. The second-order valence-corrected chi connectivity index (χ2v) is 8.74. The molecule has 1 amide bonds. The predicted octanol–water partition coefficient (Wildman–Crippen LogP) is 0.773. The first-order chi connectivity index (χ1) is 11.4. The lowest BCUT2D eigenvalue weighted by Crippen LogP contribution is -2.45. The number of fused-ring (bicyclic) bond motifs is 1. The van der Waals surface area contributed by atoms with E-state index in [2.05, 4.69) is 0 Å². The van der Waals surface area contributed by atoms with Crippen molar-refractivity contribution in [3.8, 4) is 0 Å². The van der Waals surface area contributed by atoms with Gasteiger partial charge in [0.15, 0.2) is 15.4 Å². The fourth-order valence-corrected chi connectivity index (χ4v) is 5.14. The number of aromatic nitrogens is 1. The van der Waals surface area contributed by atoms with Crippen LogP contribution in [-0.4, -0.2) is 47.4 Å². The molecule has 1 saturated carbocycles. The molecule has 1 aromatic heterocycles. The standard InChI is InChI=1S/C16H18N2O5S/c19-15(9-17-13-3-1-2-4-14(13)23-16(17)20)18(11-5-6-11)12-7-8-24(21,22)10-12/h1-4,11-12H,5-10H2. The van der Waals surface area contributed by atoms with Crippen molar-refractivity contribution in [3.05, 3.63) is 34.8 Å². The van der Waals surface area contributed by atoms with Crippen LogP contribution >= 0.6 is 0 Å². The second kappa shape index (κ2) is 5.47. The van der Waals surface area contributed by atoms with E-state index in [-0.39, 0.29) is 36.0 Å². The Balaban J connectivity index is 1.62. The van der Waals surface area contributed by atoms with E-state index in [9.17, 15) is 18.0 Å².